The van der Waals surface area contributed by atoms with E-state index in [1.807, 2.05) is 54.6 Å². The maximum Gasteiger partial charge on any atom is 0.255 e. The van der Waals surface area contributed by atoms with Crippen LogP contribution in [0, 0.1) is 0 Å². The molecule has 1 heterocycles. The predicted octanol–water partition coefficient (Wildman–Crippen LogP) is 3.62. The maximum atomic E-state index is 13.0. The van der Waals surface area contributed by atoms with E-state index < -0.39 is 0 Å². The van der Waals surface area contributed by atoms with Gasteiger partial charge in [-0.15, -0.1) is 0 Å². The van der Waals surface area contributed by atoms with Gasteiger partial charge in [-0.05, 0) is 49.5 Å². The average molecular weight is 393 g/mol. The molecule has 1 amide bonds. The molecular weight excluding hydrogens is 364 g/mol. The second kappa shape index (κ2) is 9.89. The van der Waals surface area contributed by atoms with E-state index in [1.54, 1.807) is 18.0 Å². The van der Waals surface area contributed by atoms with Crippen molar-refractivity contribution in [2.75, 3.05) is 33.3 Å². The lowest BCUT2D eigenvalue weighted by Crippen LogP contribution is -2.34. The molecule has 152 valence electrons. The van der Waals surface area contributed by atoms with E-state index >= 15 is 0 Å². The summed E-state index contributed by atoms with van der Waals surface area (Å²) in [6.07, 6.45) is 1.79. The van der Waals surface area contributed by atoms with Gasteiger partial charge in [0.25, 0.3) is 5.91 Å². The summed E-state index contributed by atoms with van der Waals surface area (Å²) < 4.78 is 6.99. The highest BCUT2D eigenvalue weighted by atomic mass is 16.5. The fourth-order valence-corrected chi connectivity index (χ4v) is 3.18. The first-order chi connectivity index (χ1) is 14.2. The lowest BCUT2D eigenvalue weighted by molar-refractivity contribution is 0.0949. The second-order valence-electron chi connectivity index (χ2n) is 6.68. The number of benzene rings is 2. The van der Waals surface area contributed by atoms with Crippen molar-refractivity contribution in [1.29, 1.82) is 0 Å². The van der Waals surface area contributed by atoms with E-state index in [-0.39, 0.29) is 5.91 Å². The highest BCUT2D eigenvalue weighted by molar-refractivity contribution is 6.00. The molecule has 0 aliphatic rings. The molecule has 0 saturated heterocycles. The molecule has 1 aromatic heterocycles. The Hall–Kier alpha value is -3.12. The minimum absolute atomic E-state index is 0.120. The van der Waals surface area contributed by atoms with Crippen LogP contribution in [0.25, 0.3) is 16.9 Å². The molecule has 0 aliphatic carbocycles. The van der Waals surface area contributed by atoms with Crippen molar-refractivity contribution in [3.8, 4) is 22.7 Å². The number of hydrogen-bond donors (Lipinski definition) is 1. The number of nitrogens with one attached hydrogen (secondary N) is 1. The Morgan fingerprint density at radius 2 is 1.76 bits per heavy atom. The van der Waals surface area contributed by atoms with Crippen molar-refractivity contribution < 1.29 is 9.53 Å². The van der Waals surface area contributed by atoms with Crippen LogP contribution in [0.5, 0.6) is 5.75 Å². The number of nitrogens with zero attached hydrogens (tertiary/aromatic N) is 3. The third-order valence-corrected chi connectivity index (χ3v) is 4.95. The topological polar surface area (TPSA) is 59.4 Å². The van der Waals surface area contributed by atoms with Gasteiger partial charge in [-0.25, -0.2) is 4.68 Å². The Labute approximate surface area is 172 Å². The molecule has 0 fully saturated rings. The number of hydrogen-bond acceptors (Lipinski definition) is 4. The van der Waals surface area contributed by atoms with Gasteiger partial charge >= 0.3 is 0 Å². The number of carbonyl (C=O) groups excluding carboxylic acids is 1. The van der Waals surface area contributed by atoms with Crippen LogP contribution in [0.15, 0.2) is 60.8 Å². The number of methoxy groups -OCH3 is 1. The fourth-order valence-electron chi connectivity index (χ4n) is 3.18. The van der Waals surface area contributed by atoms with Gasteiger partial charge < -0.3 is 15.0 Å². The summed E-state index contributed by atoms with van der Waals surface area (Å²) in [5, 5.41) is 7.74. The first-order valence-corrected chi connectivity index (χ1v) is 9.96. The first-order valence-electron chi connectivity index (χ1n) is 9.96. The monoisotopic (exact) mass is 392 g/mol. The van der Waals surface area contributed by atoms with E-state index in [9.17, 15) is 4.79 Å². The van der Waals surface area contributed by atoms with Crippen molar-refractivity contribution in [3.63, 3.8) is 0 Å². The molecular formula is C23H28N4O2. The van der Waals surface area contributed by atoms with Crippen molar-refractivity contribution >= 4 is 5.91 Å². The minimum atomic E-state index is -0.120. The number of ether oxygens (including phenoxy) is 1. The Bertz CT molecular complexity index is 916. The Kier molecular flexibility index (Phi) is 7.03. The highest BCUT2D eigenvalue weighted by Crippen LogP contribution is 2.25. The number of para-hydroxylation sites is 1. The van der Waals surface area contributed by atoms with E-state index in [4.69, 9.17) is 9.84 Å². The van der Waals surface area contributed by atoms with E-state index in [2.05, 4.69) is 24.1 Å². The van der Waals surface area contributed by atoms with Crippen molar-refractivity contribution in [1.82, 2.24) is 20.0 Å². The Morgan fingerprint density at radius 1 is 1.07 bits per heavy atom. The van der Waals surface area contributed by atoms with Crippen LogP contribution < -0.4 is 10.1 Å². The van der Waals surface area contributed by atoms with E-state index in [1.165, 1.54) is 0 Å². The van der Waals surface area contributed by atoms with E-state index in [0.717, 1.165) is 36.6 Å². The van der Waals surface area contributed by atoms with Crippen LogP contribution in [-0.4, -0.2) is 53.9 Å². The summed E-state index contributed by atoms with van der Waals surface area (Å²) in [6, 6.07) is 17.4. The summed E-state index contributed by atoms with van der Waals surface area (Å²) >= 11 is 0. The number of carbonyl (C=O) groups is 1. The summed E-state index contributed by atoms with van der Waals surface area (Å²) in [5.74, 6) is 0.645. The number of aromatic nitrogens is 2. The molecule has 0 saturated carbocycles. The summed E-state index contributed by atoms with van der Waals surface area (Å²) in [6.45, 7) is 7.60. The lowest BCUT2D eigenvalue weighted by atomic mass is 10.1. The standard InChI is InChI=1S/C23H28N4O2/c1-4-26(5-2)16-15-24-23(28)21-17-27(19-9-7-6-8-10-19)25-22(21)18-11-13-20(29-3)14-12-18/h6-14,17H,4-5,15-16H2,1-3H3,(H,24,28). The Balaban J connectivity index is 1.89. The molecule has 6 heteroatoms. The van der Waals surface area contributed by atoms with Crippen LogP contribution in [0.4, 0.5) is 0 Å². The zero-order valence-corrected chi connectivity index (χ0v) is 17.3. The third kappa shape index (κ3) is 5.03. The van der Waals surface area contributed by atoms with Gasteiger partial charge in [0.15, 0.2) is 0 Å². The van der Waals surface area contributed by atoms with Gasteiger partial charge in [-0.3, -0.25) is 4.79 Å². The minimum Gasteiger partial charge on any atom is -0.497 e. The molecule has 0 bridgehead atoms. The molecule has 0 aliphatic heterocycles. The van der Waals surface area contributed by atoms with Crippen LogP contribution in [-0.2, 0) is 0 Å². The van der Waals surface area contributed by atoms with Gasteiger partial charge in [-0.2, -0.15) is 5.10 Å². The largest absolute Gasteiger partial charge is 0.497 e. The van der Waals surface area contributed by atoms with Crippen molar-refractivity contribution in [3.05, 3.63) is 66.4 Å². The summed E-state index contributed by atoms with van der Waals surface area (Å²) in [5.41, 5.74) is 2.98. The Morgan fingerprint density at radius 3 is 2.38 bits per heavy atom. The van der Waals surface area contributed by atoms with Gasteiger partial charge in [-0.1, -0.05) is 32.0 Å². The molecule has 6 nitrogen and oxygen atoms in total. The number of amides is 1. The number of likely N-dealkylation sites (N-methyl/N-ethyl adjacent to an activating group) is 1. The molecule has 0 spiro atoms. The second-order valence-corrected chi connectivity index (χ2v) is 6.68. The molecule has 0 radical (unpaired) electrons. The third-order valence-electron chi connectivity index (χ3n) is 4.95. The van der Waals surface area contributed by atoms with Crippen molar-refractivity contribution in [2.45, 2.75) is 13.8 Å². The number of rotatable bonds is 9. The van der Waals surface area contributed by atoms with E-state index in [0.29, 0.717) is 17.8 Å². The fraction of sp³-hybridized carbons (Fsp3) is 0.304. The van der Waals surface area contributed by atoms with Gasteiger partial charge in [0.05, 0.1) is 18.4 Å². The zero-order chi connectivity index (χ0) is 20.6. The predicted molar refractivity (Wildman–Crippen MR) is 116 cm³/mol. The first kappa shape index (κ1) is 20.6. The quantitative estimate of drug-likeness (QED) is 0.604. The molecule has 2 aromatic carbocycles. The maximum absolute atomic E-state index is 13.0. The zero-order valence-electron chi connectivity index (χ0n) is 17.3. The summed E-state index contributed by atoms with van der Waals surface area (Å²) in [7, 11) is 1.63. The molecule has 1 N–H and O–H groups in total. The normalized spacial score (nSPS) is 10.9. The van der Waals surface area contributed by atoms with Crippen LogP contribution in [0.2, 0.25) is 0 Å². The van der Waals surface area contributed by atoms with Crippen molar-refractivity contribution in [2.24, 2.45) is 0 Å². The molecule has 0 atom stereocenters. The average Bonchev–Trinajstić information content (AvgIpc) is 3.23. The molecule has 0 unspecified atom stereocenters. The molecule has 29 heavy (non-hydrogen) atoms. The van der Waals surface area contributed by atoms with Crippen LogP contribution in [0.3, 0.4) is 0 Å². The van der Waals surface area contributed by atoms with Gasteiger partial charge in [0.2, 0.25) is 0 Å². The lowest BCUT2D eigenvalue weighted by Gasteiger charge is -2.17. The van der Waals surface area contributed by atoms with Gasteiger partial charge in [0, 0.05) is 24.8 Å². The molecule has 3 rings (SSSR count). The van der Waals surface area contributed by atoms with Crippen LogP contribution >= 0.6 is 0 Å². The SMILES string of the molecule is CCN(CC)CCNC(=O)c1cn(-c2ccccc2)nc1-c1ccc(OC)cc1. The van der Waals surface area contributed by atoms with Crippen LogP contribution in [0.1, 0.15) is 24.2 Å². The van der Waals surface area contributed by atoms with Gasteiger partial charge in [0.1, 0.15) is 11.4 Å². The molecule has 3 aromatic rings. The summed E-state index contributed by atoms with van der Waals surface area (Å²) in [4.78, 5) is 15.2. The smallest absolute Gasteiger partial charge is 0.255 e. The highest BCUT2D eigenvalue weighted by Gasteiger charge is 2.18.